The Morgan fingerprint density at radius 3 is 2.80 bits per heavy atom. The van der Waals surface area contributed by atoms with Gasteiger partial charge in [-0.1, -0.05) is 23.5 Å². The van der Waals surface area contributed by atoms with Crippen LogP contribution in [0.4, 0.5) is 0 Å². The molecule has 0 atom stereocenters. The molecule has 3 aromatic rings. The van der Waals surface area contributed by atoms with Gasteiger partial charge in [0.05, 0.1) is 15.9 Å². The van der Waals surface area contributed by atoms with Gasteiger partial charge in [-0.3, -0.25) is 0 Å². The molecule has 5 heteroatoms. The maximum absolute atomic E-state index is 5.61. The average molecular weight is 286 g/mol. The fourth-order valence-corrected chi connectivity index (χ4v) is 3.42. The van der Waals surface area contributed by atoms with E-state index >= 15 is 0 Å². The van der Waals surface area contributed by atoms with Gasteiger partial charge in [0.25, 0.3) is 0 Å². The van der Waals surface area contributed by atoms with Crippen molar-refractivity contribution in [3.05, 3.63) is 41.2 Å². The van der Waals surface area contributed by atoms with Crippen LogP contribution in [-0.2, 0) is 6.42 Å². The third kappa shape index (κ3) is 2.23. The molecule has 0 amide bonds. The summed E-state index contributed by atoms with van der Waals surface area (Å²) in [7, 11) is 0. The van der Waals surface area contributed by atoms with Crippen molar-refractivity contribution in [2.45, 2.75) is 26.7 Å². The molecule has 0 aliphatic carbocycles. The molecule has 1 aromatic carbocycles. The minimum Gasteiger partial charge on any atom is -0.330 e. The van der Waals surface area contributed by atoms with Crippen LogP contribution in [0, 0.1) is 13.8 Å². The summed E-state index contributed by atoms with van der Waals surface area (Å²) in [5, 5.41) is 5.59. The molecule has 0 spiro atoms. The van der Waals surface area contributed by atoms with E-state index in [2.05, 4.69) is 30.0 Å². The number of hydrogen-bond acceptors (Lipinski definition) is 4. The molecule has 20 heavy (non-hydrogen) atoms. The number of hydrogen-bond donors (Lipinski definition) is 1. The van der Waals surface area contributed by atoms with Gasteiger partial charge >= 0.3 is 0 Å². The predicted molar refractivity (Wildman–Crippen MR) is 83.6 cm³/mol. The summed E-state index contributed by atoms with van der Waals surface area (Å²) in [4.78, 5) is 4.67. The zero-order chi connectivity index (χ0) is 14.1. The Morgan fingerprint density at radius 1 is 1.25 bits per heavy atom. The van der Waals surface area contributed by atoms with Gasteiger partial charge in [0.1, 0.15) is 0 Å². The number of fused-ring (bicyclic) bond motifs is 1. The summed E-state index contributed by atoms with van der Waals surface area (Å²) in [5.41, 5.74) is 10.2. The van der Waals surface area contributed by atoms with Crippen molar-refractivity contribution in [1.82, 2.24) is 14.8 Å². The highest BCUT2D eigenvalue weighted by Crippen LogP contribution is 2.27. The Kier molecular flexibility index (Phi) is 3.54. The lowest BCUT2D eigenvalue weighted by atomic mass is 10.1. The zero-order valence-corrected chi connectivity index (χ0v) is 12.6. The number of nitrogens with zero attached hydrogens (tertiary/aromatic N) is 3. The maximum atomic E-state index is 5.61. The summed E-state index contributed by atoms with van der Waals surface area (Å²) in [6.07, 6.45) is 1.98. The molecule has 2 aromatic heterocycles. The van der Waals surface area contributed by atoms with E-state index in [1.165, 1.54) is 16.0 Å². The van der Waals surface area contributed by atoms with Crippen LogP contribution in [0.3, 0.4) is 0 Å². The number of nitrogens with two attached hydrogens (primary N) is 1. The summed E-state index contributed by atoms with van der Waals surface area (Å²) in [5.74, 6) is 0. The van der Waals surface area contributed by atoms with Gasteiger partial charge in [0.2, 0.25) is 5.13 Å². The summed E-state index contributed by atoms with van der Waals surface area (Å²) in [6.45, 7) is 4.88. The Bertz CT molecular complexity index is 708. The molecule has 2 heterocycles. The fraction of sp³-hybridized carbons (Fsp3) is 0.333. The van der Waals surface area contributed by atoms with E-state index in [1.54, 1.807) is 11.3 Å². The van der Waals surface area contributed by atoms with E-state index in [0.29, 0.717) is 6.54 Å². The smallest absolute Gasteiger partial charge is 0.211 e. The minimum atomic E-state index is 0.713. The summed E-state index contributed by atoms with van der Waals surface area (Å²) < 4.78 is 3.16. The average Bonchev–Trinajstić information content (AvgIpc) is 2.98. The van der Waals surface area contributed by atoms with Crippen molar-refractivity contribution in [1.29, 1.82) is 0 Å². The Labute approximate surface area is 122 Å². The number of rotatable bonds is 4. The van der Waals surface area contributed by atoms with Crippen molar-refractivity contribution in [3.8, 4) is 5.13 Å². The van der Waals surface area contributed by atoms with Gasteiger partial charge < -0.3 is 5.73 Å². The van der Waals surface area contributed by atoms with E-state index in [4.69, 9.17) is 5.73 Å². The van der Waals surface area contributed by atoms with Crippen molar-refractivity contribution >= 4 is 21.6 Å². The van der Waals surface area contributed by atoms with Crippen molar-refractivity contribution in [3.63, 3.8) is 0 Å². The first kappa shape index (κ1) is 13.3. The highest BCUT2D eigenvalue weighted by atomic mass is 32.1. The molecule has 0 saturated heterocycles. The zero-order valence-electron chi connectivity index (χ0n) is 11.8. The predicted octanol–water partition coefficient (Wildman–Crippen LogP) is 2.99. The number of para-hydroxylation sites is 1. The van der Waals surface area contributed by atoms with Crippen LogP contribution < -0.4 is 5.73 Å². The molecular formula is C15H18N4S. The quantitative estimate of drug-likeness (QED) is 0.802. The lowest BCUT2D eigenvalue weighted by Gasteiger charge is -2.01. The van der Waals surface area contributed by atoms with Crippen molar-refractivity contribution in [2.75, 3.05) is 6.54 Å². The topological polar surface area (TPSA) is 56.7 Å². The van der Waals surface area contributed by atoms with E-state index in [9.17, 15) is 0 Å². The van der Waals surface area contributed by atoms with Gasteiger partial charge in [-0.05, 0) is 50.9 Å². The highest BCUT2D eigenvalue weighted by molar-refractivity contribution is 7.20. The standard InChI is InChI=1S/C15H18N4S/c1-10-12(6-5-9-16)11(2)19(18-10)15-17-13-7-3-4-8-14(13)20-15/h3-4,7-8H,5-6,9,16H2,1-2H3. The number of thiazole rings is 1. The third-order valence-electron chi connectivity index (χ3n) is 3.54. The van der Waals surface area contributed by atoms with E-state index in [1.807, 2.05) is 22.9 Å². The second kappa shape index (κ2) is 5.34. The van der Waals surface area contributed by atoms with Crippen LogP contribution in [0.5, 0.6) is 0 Å². The first-order valence-electron chi connectivity index (χ1n) is 6.82. The minimum absolute atomic E-state index is 0.713. The molecule has 0 saturated carbocycles. The van der Waals surface area contributed by atoms with Gasteiger partial charge in [-0.15, -0.1) is 0 Å². The second-order valence-corrected chi connectivity index (χ2v) is 5.93. The normalized spacial score (nSPS) is 11.3. The largest absolute Gasteiger partial charge is 0.330 e. The van der Waals surface area contributed by atoms with E-state index in [0.717, 1.165) is 29.2 Å². The van der Waals surface area contributed by atoms with Crippen LogP contribution in [-0.4, -0.2) is 21.3 Å². The van der Waals surface area contributed by atoms with Crippen molar-refractivity contribution in [2.24, 2.45) is 5.73 Å². The van der Waals surface area contributed by atoms with Gasteiger partial charge in [-0.25, -0.2) is 9.67 Å². The number of aryl methyl sites for hydroxylation is 1. The lowest BCUT2D eigenvalue weighted by Crippen LogP contribution is -2.02. The highest BCUT2D eigenvalue weighted by Gasteiger charge is 2.15. The van der Waals surface area contributed by atoms with Crippen LogP contribution in [0.25, 0.3) is 15.3 Å². The number of aromatic nitrogens is 3. The molecule has 0 unspecified atom stereocenters. The summed E-state index contributed by atoms with van der Waals surface area (Å²) >= 11 is 1.68. The molecule has 0 radical (unpaired) electrons. The fourth-order valence-electron chi connectivity index (χ4n) is 2.45. The molecule has 0 aliphatic heterocycles. The first-order chi connectivity index (χ1) is 9.70. The van der Waals surface area contributed by atoms with Crippen LogP contribution in [0.15, 0.2) is 24.3 Å². The van der Waals surface area contributed by atoms with E-state index in [-0.39, 0.29) is 0 Å². The van der Waals surface area contributed by atoms with E-state index < -0.39 is 0 Å². The first-order valence-corrected chi connectivity index (χ1v) is 7.63. The Hall–Kier alpha value is -1.72. The molecule has 0 aliphatic rings. The number of benzene rings is 1. The van der Waals surface area contributed by atoms with Crippen molar-refractivity contribution < 1.29 is 0 Å². The van der Waals surface area contributed by atoms with Gasteiger partial charge in [0.15, 0.2) is 0 Å². The Morgan fingerprint density at radius 2 is 2.05 bits per heavy atom. The Balaban J connectivity index is 2.05. The molecule has 2 N–H and O–H groups in total. The van der Waals surface area contributed by atoms with Crippen LogP contribution in [0.1, 0.15) is 23.4 Å². The third-order valence-corrected chi connectivity index (χ3v) is 4.55. The molecule has 104 valence electrons. The molecule has 0 bridgehead atoms. The molecular weight excluding hydrogens is 268 g/mol. The monoisotopic (exact) mass is 286 g/mol. The van der Waals surface area contributed by atoms with Gasteiger partial charge in [-0.2, -0.15) is 5.10 Å². The van der Waals surface area contributed by atoms with Crippen LogP contribution in [0.2, 0.25) is 0 Å². The maximum Gasteiger partial charge on any atom is 0.211 e. The lowest BCUT2D eigenvalue weighted by molar-refractivity contribution is 0.813. The molecule has 4 nitrogen and oxygen atoms in total. The molecule has 3 rings (SSSR count). The summed E-state index contributed by atoms with van der Waals surface area (Å²) in [6, 6.07) is 8.19. The van der Waals surface area contributed by atoms with Crippen LogP contribution >= 0.6 is 11.3 Å². The SMILES string of the molecule is Cc1nn(-c2nc3ccccc3s2)c(C)c1CCCN. The molecule has 0 fully saturated rings. The van der Waals surface area contributed by atoms with Gasteiger partial charge in [0, 0.05) is 5.69 Å². The second-order valence-electron chi connectivity index (χ2n) is 4.92.